The van der Waals surface area contributed by atoms with E-state index in [1.165, 1.54) is 11.8 Å². The molecule has 2 aromatic carbocycles. The normalized spacial score (nSPS) is 14.2. The van der Waals surface area contributed by atoms with Gasteiger partial charge < -0.3 is 25.1 Å². The molecule has 172 valence electrons. The molecule has 1 saturated heterocycles. The molecule has 0 atom stereocenters. The third kappa shape index (κ3) is 5.64. The average molecular weight is 468 g/mol. The average Bonchev–Trinajstić information content (AvgIpc) is 3.32. The maximum absolute atomic E-state index is 12.6. The van der Waals surface area contributed by atoms with Crippen molar-refractivity contribution >= 4 is 35.0 Å². The van der Waals surface area contributed by atoms with Gasteiger partial charge in [0.05, 0.1) is 24.2 Å². The third-order valence-corrected chi connectivity index (χ3v) is 6.30. The minimum Gasteiger partial charge on any atom is -0.497 e. The zero-order valence-electron chi connectivity index (χ0n) is 18.2. The second-order valence-corrected chi connectivity index (χ2v) is 8.55. The first-order valence-electron chi connectivity index (χ1n) is 10.6. The molecule has 3 N–H and O–H groups in total. The summed E-state index contributed by atoms with van der Waals surface area (Å²) in [7, 11) is 1.60. The minimum absolute atomic E-state index is 0.0865. The number of primary amides is 1. The van der Waals surface area contributed by atoms with Crippen LogP contribution in [0.4, 0.5) is 11.4 Å². The van der Waals surface area contributed by atoms with Crippen LogP contribution in [-0.2, 0) is 9.59 Å². The maximum atomic E-state index is 12.6. The number of carbonyl (C=O) groups is 2. The topological polar surface area (TPSA) is 124 Å². The Labute approximate surface area is 195 Å². The van der Waals surface area contributed by atoms with Crippen LogP contribution in [-0.4, -0.2) is 48.0 Å². The quantitative estimate of drug-likeness (QED) is 0.484. The smallest absolute Gasteiger partial charge is 0.277 e. The van der Waals surface area contributed by atoms with Crippen molar-refractivity contribution in [2.75, 3.05) is 36.2 Å². The molecule has 1 aromatic heterocycles. The molecule has 1 aliphatic rings. The monoisotopic (exact) mass is 467 g/mol. The number of carbonyl (C=O) groups excluding carboxylic acids is 2. The molecule has 0 bridgehead atoms. The lowest BCUT2D eigenvalue weighted by molar-refractivity contribution is -0.122. The lowest BCUT2D eigenvalue weighted by Crippen LogP contribution is -2.38. The van der Waals surface area contributed by atoms with Gasteiger partial charge in [0.15, 0.2) is 0 Å². The maximum Gasteiger partial charge on any atom is 0.277 e. The van der Waals surface area contributed by atoms with E-state index >= 15 is 0 Å². The molecule has 3 aromatic rings. The van der Waals surface area contributed by atoms with E-state index < -0.39 is 0 Å². The highest BCUT2D eigenvalue weighted by Gasteiger charge is 2.24. The predicted molar refractivity (Wildman–Crippen MR) is 126 cm³/mol. The van der Waals surface area contributed by atoms with Crippen molar-refractivity contribution in [1.82, 2.24) is 10.2 Å². The van der Waals surface area contributed by atoms with Crippen molar-refractivity contribution in [2.45, 2.75) is 18.1 Å². The summed E-state index contributed by atoms with van der Waals surface area (Å²) in [6.45, 7) is 1.43. The number of benzene rings is 2. The van der Waals surface area contributed by atoms with E-state index in [0.29, 0.717) is 37.0 Å². The van der Waals surface area contributed by atoms with Crippen molar-refractivity contribution in [2.24, 2.45) is 11.7 Å². The van der Waals surface area contributed by atoms with Crippen LogP contribution in [0.3, 0.4) is 0 Å². The number of thioether (sulfide) groups is 1. The number of amides is 2. The Hall–Kier alpha value is -3.53. The van der Waals surface area contributed by atoms with Crippen LogP contribution in [0.1, 0.15) is 12.8 Å². The van der Waals surface area contributed by atoms with Crippen LogP contribution in [0.5, 0.6) is 5.75 Å². The van der Waals surface area contributed by atoms with E-state index in [9.17, 15) is 9.59 Å². The first kappa shape index (κ1) is 22.7. The van der Waals surface area contributed by atoms with E-state index in [-0.39, 0.29) is 23.5 Å². The minimum atomic E-state index is -0.246. The van der Waals surface area contributed by atoms with Crippen LogP contribution in [0.25, 0.3) is 11.5 Å². The number of methoxy groups -OCH3 is 1. The molecule has 2 amide bonds. The molecule has 0 saturated carbocycles. The van der Waals surface area contributed by atoms with E-state index in [1.54, 1.807) is 7.11 Å². The van der Waals surface area contributed by atoms with Gasteiger partial charge >= 0.3 is 0 Å². The zero-order chi connectivity index (χ0) is 23.2. The fourth-order valence-corrected chi connectivity index (χ4v) is 4.26. The van der Waals surface area contributed by atoms with Gasteiger partial charge in [-0.15, -0.1) is 10.2 Å². The molecular weight excluding hydrogens is 442 g/mol. The van der Waals surface area contributed by atoms with Crippen molar-refractivity contribution < 1.29 is 18.7 Å². The number of nitrogens with zero attached hydrogens (tertiary/aromatic N) is 3. The largest absolute Gasteiger partial charge is 0.497 e. The molecule has 1 fully saturated rings. The Balaban J connectivity index is 1.33. The fraction of sp³-hybridized carbons (Fsp3) is 0.304. The molecule has 4 rings (SSSR count). The Morgan fingerprint density at radius 1 is 1.15 bits per heavy atom. The van der Waals surface area contributed by atoms with E-state index in [2.05, 4.69) is 20.4 Å². The molecular formula is C23H25N5O4S. The van der Waals surface area contributed by atoms with Gasteiger partial charge in [-0.25, -0.2) is 0 Å². The summed E-state index contributed by atoms with van der Waals surface area (Å²) in [6.07, 6.45) is 1.42. The Kier molecular flexibility index (Phi) is 7.13. The number of hydrogen-bond acceptors (Lipinski definition) is 8. The number of rotatable bonds is 8. The number of ether oxygens (including phenoxy) is 1. The van der Waals surface area contributed by atoms with Gasteiger partial charge in [-0.05, 0) is 49.2 Å². The van der Waals surface area contributed by atoms with Crippen LogP contribution in [0, 0.1) is 5.92 Å². The van der Waals surface area contributed by atoms with Gasteiger partial charge in [0, 0.05) is 24.6 Å². The van der Waals surface area contributed by atoms with Crippen LogP contribution >= 0.6 is 11.8 Å². The van der Waals surface area contributed by atoms with Crippen molar-refractivity contribution in [1.29, 1.82) is 0 Å². The van der Waals surface area contributed by atoms with Crippen molar-refractivity contribution in [3.63, 3.8) is 0 Å². The molecule has 0 unspecified atom stereocenters. The number of nitrogens with two attached hydrogens (primary N) is 1. The molecule has 9 nitrogen and oxygen atoms in total. The predicted octanol–water partition coefficient (Wildman–Crippen LogP) is 3.18. The first-order chi connectivity index (χ1) is 16.0. The van der Waals surface area contributed by atoms with Gasteiger partial charge in [0.25, 0.3) is 5.22 Å². The second-order valence-electron chi connectivity index (χ2n) is 7.62. The second kappa shape index (κ2) is 10.4. The van der Waals surface area contributed by atoms with Crippen LogP contribution in [0.15, 0.2) is 58.2 Å². The number of hydrogen-bond donors (Lipinski definition) is 2. The summed E-state index contributed by atoms with van der Waals surface area (Å²) in [4.78, 5) is 26.2. The summed E-state index contributed by atoms with van der Waals surface area (Å²) in [5.74, 6) is 0.736. The van der Waals surface area contributed by atoms with Crippen molar-refractivity contribution in [3.05, 3.63) is 48.5 Å². The molecule has 33 heavy (non-hydrogen) atoms. The molecule has 0 spiro atoms. The standard InChI is InChI=1S/C23H25N5O4S/c1-31-17-8-6-16(7-9-17)22-26-27-23(32-22)33-14-20(29)25-18-4-2-3-5-19(18)28-12-10-15(11-13-28)21(24)30/h2-9,15H,10-14H2,1H3,(H2,24,30)(H,25,29). The fourth-order valence-electron chi connectivity index (χ4n) is 3.69. The Morgan fingerprint density at radius 2 is 1.88 bits per heavy atom. The molecule has 10 heteroatoms. The van der Waals surface area contributed by atoms with E-state index in [0.717, 1.165) is 22.7 Å². The number of anilines is 2. The van der Waals surface area contributed by atoms with Crippen LogP contribution < -0.4 is 20.7 Å². The third-order valence-electron chi connectivity index (χ3n) is 5.49. The van der Waals surface area contributed by atoms with Gasteiger partial charge in [-0.1, -0.05) is 23.9 Å². The molecule has 0 radical (unpaired) electrons. The van der Waals surface area contributed by atoms with Crippen molar-refractivity contribution in [3.8, 4) is 17.2 Å². The lowest BCUT2D eigenvalue weighted by Gasteiger charge is -2.33. The number of nitrogens with one attached hydrogen (secondary N) is 1. The Morgan fingerprint density at radius 3 is 2.58 bits per heavy atom. The zero-order valence-corrected chi connectivity index (χ0v) is 19.0. The summed E-state index contributed by atoms with van der Waals surface area (Å²) in [5, 5.41) is 11.3. The lowest BCUT2D eigenvalue weighted by atomic mass is 9.96. The number of aromatic nitrogens is 2. The number of piperidine rings is 1. The molecule has 2 heterocycles. The van der Waals surface area contributed by atoms with Gasteiger partial charge in [-0.2, -0.15) is 0 Å². The van der Waals surface area contributed by atoms with Crippen LogP contribution in [0.2, 0.25) is 0 Å². The summed E-state index contributed by atoms with van der Waals surface area (Å²) < 4.78 is 10.8. The summed E-state index contributed by atoms with van der Waals surface area (Å²) >= 11 is 1.17. The number of para-hydroxylation sites is 2. The van der Waals surface area contributed by atoms with E-state index in [4.69, 9.17) is 14.9 Å². The summed E-state index contributed by atoms with van der Waals surface area (Å²) in [5.41, 5.74) is 7.86. The van der Waals surface area contributed by atoms with Gasteiger partial charge in [0.1, 0.15) is 5.75 Å². The van der Waals surface area contributed by atoms with Gasteiger partial charge in [0.2, 0.25) is 17.7 Å². The Bertz CT molecular complexity index is 1110. The highest BCUT2D eigenvalue weighted by molar-refractivity contribution is 7.99. The first-order valence-corrected chi connectivity index (χ1v) is 11.6. The van der Waals surface area contributed by atoms with E-state index in [1.807, 2.05) is 48.5 Å². The van der Waals surface area contributed by atoms with Gasteiger partial charge in [-0.3, -0.25) is 9.59 Å². The SMILES string of the molecule is COc1ccc(-c2nnc(SCC(=O)Nc3ccccc3N3CCC(C(N)=O)CC3)o2)cc1. The highest BCUT2D eigenvalue weighted by Crippen LogP contribution is 2.30. The highest BCUT2D eigenvalue weighted by atomic mass is 32.2. The molecule has 1 aliphatic heterocycles. The summed E-state index contributed by atoms with van der Waals surface area (Å²) in [6, 6.07) is 14.9. The molecule has 0 aliphatic carbocycles.